The Kier molecular flexibility index (Phi) is 4.53. The molecule has 0 amide bonds. The van der Waals surface area contributed by atoms with Crippen molar-refractivity contribution in [1.29, 1.82) is 0 Å². The van der Waals surface area contributed by atoms with Gasteiger partial charge in [-0.1, -0.05) is 0 Å². The largest absolute Gasteiger partial charge is 0.395 e. The van der Waals surface area contributed by atoms with Gasteiger partial charge < -0.3 is 10.0 Å². The maximum atomic E-state index is 8.95. The molecule has 0 saturated heterocycles. The quantitative estimate of drug-likeness (QED) is 0.852. The third-order valence-electron chi connectivity index (χ3n) is 1.88. The fraction of sp³-hybridized carbons (Fsp3) is 0.556. The Bertz CT molecular complexity index is 293. The van der Waals surface area contributed by atoms with E-state index in [1.165, 1.54) is 6.33 Å². The standard InChI is InChI=1S/C9H14IN3O/c1-7(2)13(3-4-14)9-8(10)5-11-6-12-9/h5-7,14H,3-4H2,1-2H3. The Hall–Kier alpha value is -0.430. The molecule has 1 rings (SSSR count). The van der Waals surface area contributed by atoms with Crippen LogP contribution in [0.3, 0.4) is 0 Å². The van der Waals surface area contributed by atoms with E-state index in [2.05, 4.69) is 51.3 Å². The van der Waals surface area contributed by atoms with Crippen LogP contribution in [-0.2, 0) is 0 Å². The van der Waals surface area contributed by atoms with E-state index >= 15 is 0 Å². The number of rotatable bonds is 4. The lowest BCUT2D eigenvalue weighted by Gasteiger charge is -2.27. The van der Waals surface area contributed by atoms with E-state index in [1.807, 2.05) is 0 Å². The van der Waals surface area contributed by atoms with Gasteiger partial charge in [-0.25, -0.2) is 9.97 Å². The van der Waals surface area contributed by atoms with E-state index in [0.717, 1.165) is 9.39 Å². The molecule has 4 nitrogen and oxygen atoms in total. The van der Waals surface area contributed by atoms with E-state index in [9.17, 15) is 0 Å². The molecule has 0 aromatic carbocycles. The summed E-state index contributed by atoms with van der Waals surface area (Å²) in [5.41, 5.74) is 0. The van der Waals surface area contributed by atoms with Gasteiger partial charge in [-0.2, -0.15) is 0 Å². The van der Waals surface area contributed by atoms with Crippen LogP contribution in [0.1, 0.15) is 13.8 Å². The smallest absolute Gasteiger partial charge is 0.145 e. The van der Waals surface area contributed by atoms with Gasteiger partial charge in [-0.3, -0.25) is 0 Å². The van der Waals surface area contributed by atoms with Gasteiger partial charge in [0, 0.05) is 18.8 Å². The SMILES string of the molecule is CC(C)N(CCO)c1ncncc1I. The minimum Gasteiger partial charge on any atom is -0.395 e. The molecule has 1 heterocycles. The van der Waals surface area contributed by atoms with Crippen molar-refractivity contribution < 1.29 is 5.11 Å². The van der Waals surface area contributed by atoms with Gasteiger partial charge in [-0.05, 0) is 36.4 Å². The Morgan fingerprint density at radius 3 is 2.79 bits per heavy atom. The summed E-state index contributed by atoms with van der Waals surface area (Å²) in [5, 5.41) is 8.95. The number of hydrogen-bond donors (Lipinski definition) is 1. The predicted molar refractivity (Wildman–Crippen MR) is 64.3 cm³/mol. The van der Waals surface area contributed by atoms with E-state index in [4.69, 9.17) is 5.11 Å². The topological polar surface area (TPSA) is 49.2 Å². The van der Waals surface area contributed by atoms with Crippen molar-refractivity contribution in [1.82, 2.24) is 9.97 Å². The highest BCUT2D eigenvalue weighted by Crippen LogP contribution is 2.19. The van der Waals surface area contributed by atoms with E-state index in [-0.39, 0.29) is 6.61 Å². The first kappa shape index (κ1) is 11.6. The average molecular weight is 307 g/mol. The summed E-state index contributed by atoms with van der Waals surface area (Å²) < 4.78 is 1.01. The van der Waals surface area contributed by atoms with Crippen molar-refractivity contribution in [2.24, 2.45) is 0 Å². The summed E-state index contributed by atoms with van der Waals surface area (Å²) in [5.74, 6) is 0.893. The number of aliphatic hydroxyl groups excluding tert-OH is 1. The molecule has 1 aromatic heterocycles. The second-order valence-electron chi connectivity index (χ2n) is 3.21. The lowest BCUT2D eigenvalue weighted by Crippen LogP contribution is -2.34. The van der Waals surface area contributed by atoms with Crippen LogP contribution in [0.2, 0.25) is 0 Å². The summed E-state index contributed by atoms with van der Waals surface area (Å²) >= 11 is 2.20. The molecule has 0 aliphatic heterocycles. The summed E-state index contributed by atoms with van der Waals surface area (Å²) in [6, 6.07) is 0.325. The Morgan fingerprint density at radius 1 is 1.57 bits per heavy atom. The first-order chi connectivity index (χ1) is 6.66. The number of nitrogens with zero attached hydrogens (tertiary/aromatic N) is 3. The Morgan fingerprint density at radius 2 is 2.29 bits per heavy atom. The molecule has 0 aliphatic carbocycles. The zero-order valence-corrected chi connectivity index (χ0v) is 10.5. The lowest BCUT2D eigenvalue weighted by molar-refractivity contribution is 0.298. The van der Waals surface area contributed by atoms with Crippen LogP contribution in [-0.4, -0.2) is 34.3 Å². The highest BCUT2D eigenvalue weighted by atomic mass is 127. The molecule has 0 fully saturated rings. The number of hydrogen-bond acceptors (Lipinski definition) is 4. The predicted octanol–water partition coefficient (Wildman–Crippen LogP) is 1.29. The Balaban J connectivity index is 2.93. The zero-order valence-electron chi connectivity index (χ0n) is 8.31. The fourth-order valence-electron chi connectivity index (χ4n) is 1.23. The van der Waals surface area contributed by atoms with Crippen molar-refractivity contribution in [3.8, 4) is 0 Å². The number of aromatic nitrogens is 2. The molecule has 1 aromatic rings. The third kappa shape index (κ3) is 2.78. The van der Waals surface area contributed by atoms with E-state index in [1.54, 1.807) is 6.20 Å². The van der Waals surface area contributed by atoms with Crippen LogP contribution >= 0.6 is 22.6 Å². The molecule has 0 spiro atoms. The molecule has 78 valence electrons. The highest BCUT2D eigenvalue weighted by Gasteiger charge is 2.13. The second-order valence-corrected chi connectivity index (χ2v) is 4.37. The molecule has 14 heavy (non-hydrogen) atoms. The van der Waals surface area contributed by atoms with Crippen LogP contribution in [0.5, 0.6) is 0 Å². The van der Waals surface area contributed by atoms with E-state index in [0.29, 0.717) is 12.6 Å². The Labute approximate surface area is 97.5 Å². The lowest BCUT2D eigenvalue weighted by atomic mass is 10.3. The van der Waals surface area contributed by atoms with Gasteiger partial charge >= 0.3 is 0 Å². The summed E-state index contributed by atoms with van der Waals surface area (Å²) in [4.78, 5) is 10.2. The summed E-state index contributed by atoms with van der Waals surface area (Å²) in [6.45, 7) is 4.89. The van der Waals surface area contributed by atoms with Gasteiger partial charge in [0.15, 0.2) is 0 Å². The molecule has 0 saturated carbocycles. The maximum Gasteiger partial charge on any atom is 0.145 e. The van der Waals surface area contributed by atoms with Crippen molar-refractivity contribution in [3.63, 3.8) is 0 Å². The fourth-order valence-corrected chi connectivity index (χ4v) is 1.84. The first-order valence-electron chi connectivity index (χ1n) is 4.49. The minimum absolute atomic E-state index is 0.137. The summed E-state index contributed by atoms with van der Waals surface area (Å²) in [6.07, 6.45) is 3.31. The first-order valence-corrected chi connectivity index (χ1v) is 5.57. The van der Waals surface area contributed by atoms with Gasteiger partial charge in [-0.15, -0.1) is 0 Å². The third-order valence-corrected chi connectivity index (χ3v) is 2.65. The van der Waals surface area contributed by atoms with E-state index < -0.39 is 0 Å². The molecular formula is C9H14IN3O. The number of halogens is 1. The average Bonchev–Trinajstić information content (AvgIpc) is 2.15. The van der Waals surface area contributed by atoms with Gasteiger partial charge in [0.1, 0.15) is 12.1 Å². The van der Waals surface area contributed by atoms with Gasteiger partial charge in [0.25, 0.3) is 0 Å². The normalized spacial score (nSPS) is 10.6. The second kappa shape index (κ2) is 5.45. The molecule has 0 bridgehead atoms. The number of anilines is 1. The highest BCUT2D eigenvalue weighted by molar-refractivity contribution is 14.1. The van der Waals surface area contributed by atoms with Crippen LogP contribution < -0.4 is 4.90 Å². The van der Waals surface area contributed by atoms with Crippen molar-refractivity contribution in [2.45, 2.75) is 19.9 Å². The molecule has 0 atom stereocenters. The molecule has 0 radical (unpaired) electrons. The van der Waals surface area contributed by atoms with Crippen LogP contribution in [0.4, 0.5) is 5.82 Å². The minimum atomic E-state index is 0.137. The van der Waals surface area contributed by atoms with Crippen LogP contribution in [0.15, 0.2) is 12.5 Å². The maximum absolute atomic E-state index is 8.95. The molecular weight excluding hydrogens is 293 g/mol. The van der Waals surface area contributed by atoms with Crippen molar-refractivity contribution >= 4 is 28.4 Å². The molecule has 5 heteroatoms. The van der Waals surface area contributed by atoms with Crippen LogP contribution in [0, 0.1) is 3.57 Å². The van der Waals surface area contributed by atoms with Gasteiger partial charge in [0.2, 0.25) is 0 Å². The molecule has 1 N–H and O–H groups in total. The number of aliphatic hydroxyl groups is 1. The van der Waals surface area contributed by atoms with Crippen LogP contribution in [0.25, 0.3) is 0 Å². The van der Waals surface area contributed by atoms with Crippen molar-refractivity contribution in [2.75, 3.05) is 18.1 Å². The van der Waals surface area contributed by atoms with Crippen molar-refractivity contribution in [3.05, 3.63) is 16.1 Å². The molecule has 0 aliphatic rings. The molecule has 0 unspecified atom stereocenters. The monoisotopic (exact) mass is 307 g/mol. The van der Waals surface area contributed by atoms with Gasteiger partial charge in [0.05, 0.1) is 10.2 Å². The summed E-state index contributed by atoms with van der Waals surface area (Å²) in [7, 11) is 0. The zero-order chi connectivity index (χ0) is 10.6.